The van der Waals surface area contributed by atoms with Crippen LogP contribution in [0.5, 0.6) is 17.2 Å². The van der Waals surface area contributed by atoms with Gasteiger partial charge in [-0.05, 0) is 49.0 Å². The average Bonchev–Trinajstić information content (AvgIpc) is 3.41. The van der Waals surface area contributed by atoms with Gasteiger partial charge in [-0.1, -0.05) is 26.0 Å². The van der Waals surface area contributed by atoms with Gasteiger partial charge in [-0.25, -0.2) is 0 Å². The molecule has 4 rings (SSSR count). The highest BCUT2D eigenvalue weighted by molar-refractivity contribution is 6.46. The first-order valence-corrected chi connectivity index (χ1v) is 11.0. The van der Waals surface area contributed by atoms with E-state index in [1.807, 2.05) is 12.1 Å². The number of hydrogen-bond donors (Lipinski definition) is 1. The van der Waals surface area contributed by atoms with E-state index in [2.05, 4.69) is 18.7 Å². The van der Waals surface area contributed by atoms with Crippen molar-refractivity contribution in [3.63, 3.8) is 0 Å². The van der Waals surface area contributed by atoms with Crippen LogP contribution < -0.4 is 14.2 Å². The number of likely N-dealkylation sites (N-methyl/N-ethyl adjacent to an activating group) is 1. The van der Waals surface area contributed by atoms with Gasteiger partial charge in [-0.3, -0.25) is 9.59 Å². The summed E-state index contributed by atoms with van der Waals surface area (Å²) in [6, 6.07) is 11.4. The maximum absolute atomic E-state index is 13.2. The quantitative estimate of drug-likeness (QED) is 0.374. The van der Waals surface area contributed by atoms with Crippen molar-refractivity contribution in [2.75, 3.05) is 40.1 Å². The van der Waals surface area contributed by atoms with Gasteiger partial charge in [0.15, 0.2) is 11.5 Å². The summed E-state index contributed by atoms with van der Waals surface area (Å²) >= 11 is 0. The van der Waals surface area contributed by atoms with Crippen LogP contribution in [0.4, 0.5) is 0 Å². The monoisotopic (exact) mass is 452 g/mol. The number of ether oxygens (including phenoxy) is 3. The molecule has 0 saturated carbocycles. The Balaban J connectivity index is 1.78. The number of aliphatic hydroxyl groups excluding tert-OH is 1. The van der Waals surface area contributed by atoms with Gasteiger partial charge >= 0.3 is 0 Å². The Labute approximate surface area is 193 Å². The zero-order valence-corrected chi connectivity index (χ0v) is 19.0. The molecule has 174 valence electrons. The van der Waals surface area contributed by atoms with Gasteiger partial charge in [-0.15, -0.1) is 0 Å². The zero-order valence-electron chi connectivity index (χ0n) is 19.0. The highest BCUT2D eigenvalue weighted by Gasteiger charge is 2.46. The summed E-state index contributed by atoms with van der Waals surface area (Å²) in [5.41, 5.74) is 1.17. The number of aliphatic hydroxyl groups is 1. The summed E-state index contributed by atoms with van der Waals surface area (Å²) in [5, 5.41) is 11.2. The summed E-state index contributed by atoms with van der Waals surface area (Å²) in [7, 11) is 1.57. The molecule has 2 aliphatic heterocycles. The lowest BCUT2D eigenvalue weighted by Crippen LogP contribution is -2.38. The van der Waals surface area contributed by atoms with E-state index in [4.69, 9.17) is 14.2 Å². The molecular weight excluding hydrogens is 424 g/mol. The van der Waals surface area contributed by atoms with E-state index in [0.29, 0.717) is 35.9 Å². The first-order valence-electron chi connectivity index (χ1n) is 11.0. The standard InChI is InChI=1S/C25H28N2O6/c1-4-26(5-2)12-13-27-22(16-6-9-18(31-3)10-7-16)21(24(29)25(27)30)23(28)17-8-11-19-20(14-17)33-15-32-19/h6-11,14,22,28H,4-5,12-13,15H2,1-3H3. The number of likely N-dealkylation sites (tertiary alicyclic amines) is 1. The third-order valence-electron chi connectivity index (χ3n) is 6.17. The van der Waals surface area contributed by atoms with Crippen LogP contribution >= 0.6 is 0 Å². The molecule has 8 heteroatoms. The number of ketones is 1. The van der Waals surface area contributed by atoms with Crippen LogP contribution in [-0.4, -0.2) is 66.7 Å². The fraction of sp³-hybridized carbons (Fsp3) is 0.360. The van der Waals surface area contributed by atoms with Crippen molar-refractivity contribution in [3.05, 3.63) is 59.2 Å². The third-order valence-corrected chi connectivity index (χ3v) is 6.17. The van der Waals surface area contributed by atoms with E-state index in [1.54, 1.807) is 42.3 Å². The maximum Gasteiger partial charge on any atom is 0.295 e. The summed E-state index contributed by atoms with van der Waals surface area (Å²) < 4.78 is 16.0. The zero-order chi connectivity index (χ0) is 23.5. The van der Waals surface area contributed by atoms with Gasteiger partial charge in [0.25, 0.3) is 11.7 Å². The maximum atomic E-state index is 13.2. The fourth-order valence-corrected chi connectivity index (χ4v) is 4.23. The molecule has 33 heavy (non-hydrogen) atoms. The lowest BCUT2D eigenvalue weighted by atomic mass is 9.95. The lowest BCUT2D eigenvalue weighted by molar-refractivity contribution is -0.140. The second-order valence-electron chi connectivity index (χ2n) is 7.86. The second-order valence-corrected chi connectivity index (χ2v) is 7.86. The molecular formula is C25H28N2O6. The molecule has 1 saturated heterocycles. The van der Waals surface area contributed by atoms with Crippen molar-refractivity contribution < 1.29 is 28.9 Å². The summed E-state index contributed by atoms with van der Waals surface area (Å²) in [6.45, 7) is 6.87. The normalized spacial score (nSPS) is 18.9. The number of carbonyl (C=O) groups excluding carboxylic acids is 2. The Morgan fingerprint density at radius 1 is 1.09 bits per heavy atom. The largest absolute Gasteiger partial charge is 0.507 e. The Bertz CT molecular complexity index is 1070. The molecule has 1 atom stereocenters. The van der Waals surface area contributed by atoms with Crippen LogP contribution in [0.3, 0.4) is 0 Å². The number of nitrogens with zero attached hydrogens (tertiary/aromatic N) is 2. The SMILES string of the molecule is CCN(CC)CCN1C(=O)C(=O)C(=C(O)c2ccc3c(c2)OCO3)C1c1ccc(OC)cc1. The first kappa shape index (κ1) is 22.7. The van der Waals surface area contributed by atoms with Crippen LogP contribution in [-0.2, 0) is 9.59 Å². The predicted molar refractivity (Wildman–Crippen MR) is 122 cm³/mol. The molecule has 1 amide bonds. The average molecular weight is 453 g/mol. The number of benzene rings is 2. The molecule has 0 bridgehead atoms. The number of amides is 1. The van der Waals surface area contributed by atoms with Crippen molar-refractivity contribution in [1.29, 1.82) is 0 Å². The van der Waals surface area contributed by atoms with Crippen molar-refractivity contribution >= 4 is 17.4 Å². The number of rotatable bonds is 8. The summed E-state index contributed by atoms with van der Waals surface area (Å²) in [4.78, 5) is 30.0. The Morgan fingerprint density at radius 2 is 1.79 bits per heavy atom. The predicted octanol–water partition coefficient (Wildman–Crippen LogP) is 3.19. The van der Waals surface area contributed by atoms with Crippen molar-refractivity contribution in [2.24, 2.45) is 0 Å². The minimum Gasteiger partial charge on any atom is -0.507 e. The molecule has 2 heterocycles. The van der Waals surface area contributed by atoms with Gasteiger partial charge in [0.2, 0.25) is 6.79 Å². The number of methoxy groups -OCH3 is 1. The van der Waals surface area contributed by atoms with E-state index in [-0.39, 0.29) is 18.1 Å². The van der Waals surface area contributed by atoms with E-state index in [0.717, 1.165) is 18.7 Å². The molecule has 0 radical (unpaired) electrons. The number of fused-ring (bicyclic) bond motifs is 1. The van der Waals surface area contributed by atoms with Crippen LogP contribution in [0.25, 0.3) is 5.76 Å². The van der Waals surface area contributed by atoms with Gasteiger partial charge < -0.3 is 29.1 Å². The molecule has 1 unspecified atom stereocenters. The van der Waals surface area contributed by atoms with E-state index in [1.165, 1.54) is 0 Å². The molecule has 1 N–H and O–H groups in total. The van der Waals surface area contributed by atoms with Crippen molar-refractivity contribution in [3.8, 4) is 17.2 Å². The Kier molecular flexibility index (Phi) is 6.55. The van der Waals surface area contributed by atoms with Crippen LogP contribution in [0, 0.1) is 0 Å². The van der Waals surface area contributed by atoms with Gasteiger partial charge in [0.1, 0.15) is 11.5 Å². The van der Waals surface area contributed by atoms with Gasteiger partial charge in [-0.2, -0.15) is 0 Å². The smallest absolute Gasteiger partial charge is 0.295 e. The van der Waals surface area contributed by atoms with Crippen LogP contribution in [0.1, 0.15) is 31.0 Å². The molecule has 2 aromatic rings. The molecule has 0 spiro atoms. The number of carbonyl (C=O) groups is 2. The Hall–Kier alpha value is -3.52. The number of hydrogen-bond acceptors (Lipinski definition) is 7. The van der Waals surface area contributed by atoms with Crippen molar-refractivity contribution in [1.82, 2.24) is 9.80 Å². The fourth-order valence-electron chi connectivity index (χ4n) is 4.23. The second kappa shape index (κ2) is 9.54. The third kappa shape index (κ3) is 4.26. The molecule has 8 nitrogen and oxygen atoms in total. The minimum atomic E-state index is -0.711. The van der Waals surface area contributed by atoms with Crippen molar-refractivity contribution in [2.45, 2.75) is 19.9 Å². The van der Waals surface area contributed by atoms with E-state index >= 15 is 0 Å². The van der Waals surface area contributed by atoms with Gasteiger partial charge in [0.05, 0.1) is 18.7 Å². The highest BCUT2D eigenvalue weighted by Crippen LogP contribution is 2.41. The highest BCUT2D eigenvalue weighted by atomic mass is 16.7. The lowest BCUT2D eigenvalue weighted by Gasteiger charge is -2.28. The molecule has 2 aromatic carbocycles. The molecule has 1 fully saturated rings. The minimum absolute atomic E-state index is 0.0589. The first-order chi connectivity index (χ1) is 16.0. The Morgan fingerprint density at radius 3 is 2.45 bits per heavy atom. The molecule has 2 aliphatic rings. The number of Topliss-reactive ketones (excluding diaryl/α,β-unsaturated/α-hetero) is 1. The summed E-state index contributed by atoms with van der Waals surface area (Å²) in [5.74, 6) is 0.150. The summed E-state index contributed by atoms with van der Waals surface area (Å²) in [6.07, 6.45) is 0. The van der Waals surface area contributed by atoms with E-state index < -0.39 is 17.7 Å². The van der Waals surface area contributed by atoms with Crippen LogP contribution in [0.2, 0.25) is 0 Å². The van der Waals surface area contributed by atoms with Crippen LogP contribution in [0.15, 0.2) is 48.0 Å². The topological polar surface area (TPSA) is 88.5 Å². The molecule has 0 aromatic heterocycles. The molecule has 0 aliphatic carbocycles. The van der Waals surface area contributed by atoms with E-state index in [9.17, 15) is 14.7 Å². The van der Waals surface area contributed by atoms with Gasteiger partial charge in [0, 0.05) is 18.7 Å².